The van der Waals surface area contributed by atoms with Gasteiger partial charge in [-0.1, -0.05) is 0 Å². The van der Waals surface area contributed by atoms with Crippen LogP contribution in [0.5, 0.6) is 0 Å². The second-order valence-corrected chi connectivity index (χ2v) is 9.28. The Morgan fingerprint density at radius 2 is 2.08 bits per heavy atom. The Kier molecular flexibility index (Phi) is 2.93. The molecule has 0 N–H and O–H groups in total. The van der Waals surface area contributed by atoms with Gasteiger partial charge in [-0.2, -0.15) is 0 Å². The summed E-state index contributed by atoms with van der Waals surface area (Å²) in [6.07, 6.45) is 0. The zero-order valence-electron chi connectivity index (χ0n) is 8.38. The first-order valence-electron chi connectivity index (χ1n) is 4.17. The van der Waals surface area contributed by atoms with Gasteiger partial charge in [-0.3, -0.25) is 0 Å². The molecule has 2 nitrogen and oxygen atoms in total. The molecule has 1 rings (SSSR count). The van der Waals surface area contributed by atoms with Gasteiger partial charge in [0.2, 0.25) is 8.32 Å². The maximum atomic E-state index is 11.6. The lowest BCUT2D eigenvalue weighted by molar-refractivity contribution is 0.0729. The molecule has 0 saturated heterocycles. The number of aryl methyl sites for hydroxylation is 1. The Hall–Kier alpha value is -0.613. The van der Waals surface area contributed by atoms with Crippen LogP contribution in [0.1, 0.15) is 15.2 Å². The molecule has 0 aromatic carbocycles. The van der Waals surface area contributed by atoms with E-state index in [1.54, 1.807) is 0 Å². The summed E-state index contributed by atoms with van der Waals surface area (Å²) in [4.78, 5) is 12.3. The second-order valence-electron chi connectivity index (χ2n) is 3.93. The minimum atomic E-state index is -1.74. The van der Waals surface area contributed by atoms with E-state index in [0.29, 0.717) is 0 Å². The van der Waals surface area contributed by atoms with Crippen molar-refractivity contribution in [3.8, 4) is 0 Å². The van der Waals surface area contributed by atoms with Crippen LogP contribution in [0.15, 0.2) is 11.4 Å². The molecule has 0 aliphatic rings. The Bertz CT molecular complexity index is 312. The average Bonchev–Trinajstić information content (AvgIpc) is 2.30. The first-order chi connectivity index (χ1) is 5.90. The molecule has 4 heteroatoms. The Labute approximate surface area is 83.7 Å². The molecule has 1 aromatic heterocycles. The van der Waals surface area contributed by atoms with Gasteiger partial charge in [-0.05, 0) is 43.6 Å². The normalized spacial score (nSPS) is 11.4. The van der Waals surface area contributed by atoms with Crippen LogP contribution < -0.4 is 0 Å². The van der Waals surface area contributed by atoms with Crippen LogP contribution >= 0.6 is 11.3 Å². The van der Waals surface area contributed by atoms with Crippen molar-refractivity contribution >= 4 is 25.6 Å². The molecular formula is C9H14O2SSi. The van der Waals surface area contributed by atoms with Gasteiger partial charge in [0, 0.05) is 0 Å². The van der Waals surface area contributed by atoms with Gasteiger partial charge in [0.05, 0.1) is 0 Å². The van der Waals surface area contributed by atoms with E-state index in [4.69, 9.17) is 4.43 Å². The lowest BCUT2D eigenvalue weighted by atomic mass is 10.3. The summed E-state index contributed by atoms with van der Waals surface area (Å²) in [5, 5.41) is 1.91. The van der Waals surface area contributed by atoms with Crippen molar-refractivity contribution < 1.29 is 9.22 Å². The third-order valence-corrected chi connectivity index (χ3v) is 3.24. The number of rotatable bonds is 2. The molecule has 0 atom stereocenters. The van der Waals surface area contributed by atoms with E-state index in [9.17, 15) is 4.79 Å². The summed E-state index contributed by atoms with van der Waals surface area (Å²) in [7, 11) is -1.74. The third kappa shape index (κ3) is 2.97. The molecule has 0 radical (unpaired) electrons. The van der Waals surface area contributed by atoms with Crippen molar-refractivity contribution in [1.82, 2.24) is 0 Å². The van der Waals surface area contributed by atoms with Crippen molar-refractivity contribution in [3.05, 3.63) is 21.9 Å². The zero-order valence-corrected chi connectivity index (χ0v) is 10.2. The molecule has 72 valence electrons. The van der Waals surface area contributed by atoms with Gasteiger partial charge in [-0.25, -0.2) is 4.79 Å². The standard InChI is InChI=1S/C9H14O2SSi/c1-7-5-6-12-8(7)9(10)11-13(2,3)4/h5-6H,1-4H3. The fourth-order valence-corrected chi connectivity index (χ4v) is 2.44. The minimum Gasteiger partial charge on any atom is -0.516 e. The SMILES string of the molecule is Cc1ccsc1C(=O)O[Si](C)(C)C. The van der Waals surface area contributed by atoms with Gasteiger partial charge in [0.15, 0.2) is 0 Å². The van der Waals surface area contributed by atoms with Crippen molar-refractivity contribution in [2.45, 2.75) is 26.6 Å². The fraction of sp³-hybridized carbons (Fsp3) is 0.444. The molecule has 0 aliphatic heterocycles. The highest BCUT2D eigenvalue weighted by Gasteiger charge is 2.22. The monoisotopic (exact) mass is 214 g/mol. The molecule has 0 amide bonds. The lowest BCUT2D eigenvalue weighted by Crippen LogP contribution is -2.29. The summed E-state index contributed by atoms with van der Waals surface area (Å²) < 4.78 is 5.37. The molecule has 1 heterocycles. The summed E-state index contributed by atoms with van der Waals surface area (Å²) >= 11 is 1.45. The number of carbonyl (C=O) groups excluding carboxylic acids is 1. The van der Waals surface area contributed by atoms with Crippen LogP contribution in [0.25, 0.3) is 0 Å². The fourth-order valence-electron chi connectivity index (χ4n) is 0.906. The highest BCUT2D eigenvalue weighted by Crippen LogP contribution is 2.18. The lowest BCUT2D eigenvalue weighted by Gasteiger charge is -2.16. The van der Waals surface area contributed by atoms with Crippen LogP contribution in [0.2, 0.25) is 19.6 Å². The van der Waals surface area contributed by atoms with Crippen LogP contribution in [0, 0.1) is 6.92 Å². The molecular weight excluding hydrogens is 200 g/mol. The maximum Gasteiger partial charge on any atom is 0.335 e. The molecule has 0 fully saturated rings. The van der Waals surface area contributed by atoms with Crippen LogP contribution in [0.4, 0.5) is 0 Å². The zero-order chi connectivity index (χ0) is 10.1. The van der Waals surface area contributed by atoms with Crippen molar-refractivity contribution in [3.63, 3.8) is 0 Å². The van der Waals surface area contributed by atoms with Gasteiger partial charge in [0.25, 0.3) is 0 Å². The van der Waals surface area contributed by atoms with Crippen LogP contribution in [-0.2, 0) is 4.43 Å². The quantitative estimate of drug-likeness (QED) is 0.707. The maximum absolute atomic E-state index is 11.6. The number of carbonyl (C=O) groups is 1. The Morgan fingerprint density at radius 3 is 2.46 bits per heavy atom. The molecule has 0 bridgehead atoms. The van der Waals surface area contributed by atoms with Gasteiger partial charge < -0.3 is 4.43 Å². The number of thiophene rings is 1. The summed E-state index contributed by atoms with van der Waals surface area (Å²) in [5.74, 6) is -0.160. The molecule has 0 spiro atoms. The highest BCUT2D eigenvalue weighted by molar-refractivity contribution is 7.12. The predicted molar refractivity (Wildman–Crippen MR) is 57.8 cm³/mol. The van der Waals surface area contributed by atoms with Crippen LogP contribution in [0.3, 0.4) is 0 Å². The highest BCUT2D eigenvalue weighted by atomic mass is 32.1. The van der Waals surface area contributed by atoms with E-state index in [0.717, 1.165) is 10.4 Å². The third-order valence-electron chi connectivity index (χ3n) is 1.45. The molecule has 0 aliphatic carbocycles. The predicted octanol–water partition coefficient (Wildman–Crippen LogP) is 3.05. The van der Waals surface area contributed by atoms with E-state index >= 15 is 0 Å². The largest absolute Gasteiger partial charge is 0.516 e. The van der Waals surface area contributed by atoms with Crippen molar-refractivity contribution in [1.29, 1.82) is 0 Å². The van der Waals surface area contributed by atoms with Gasteiger partial charge in [-0.15, -0.1) is 11.3 Å². The first-order valence-corrected chi connectivity index (χ1v) is 8.46. The summed E-state index contributed by atoms with van der Waals surface area (Å²) in [6.45, 7) is 7.95. The Morgan fingerprint density at radius 1 is 1.46 bits per heavy atom. The summed E-state index contributed by atoms with van der Waals surface area (Å²) in [6, 6.07) is 1.94. The van der Waals surface area contributed by atoms with Crippen molar-refractivity contribution in [2.75, 3.05) is 0 Å². The van der Waals surface area contributed by atoms with Crippen molar-refractivity contribution in [2.24, 2.45) is 0 Å². The average molecular weight is 214 g/mol. The molecule has 1 aromatic rings. The van der Waals surface area contributed by atoms with E-state index in [2.05, 4.69) is 0 Å². The summed E-state index contributed by atoms with van der Waals surface area (Å²) in [5.41, 5.74) is 1.01. The van der Waals surface area contributed by atoms with E-state index in [-0.39, 0.29) is 5.97 Å². The van der Waals surface area contributed by atoms with E-state index in [1.807, 2.05) is 38.0 Å². The number of hydrogen-bond acceptors (Lipinski definition) is 3. The van der Waals surface area contributed by atoms with E-state index in [1.165, 1.54) is 11.3 Å². The van der Waals surface area contributed by atoms with E-state index < -0.39 is 8.32 Å². The minimum absolute atomic E-state index is 0.160. The molecule has 0 unspecified atom stereocenters. The Balaban J connectivity index is 2.76. The number of hydrogen-bond donors (Lipinski definition) is 0. The topological polar surface area (TPSA) is 26.3 Å². The first kappa shape index (κ1) is 10.5. The van der Waals surface area contributed by atoms with Gasteiger partial charge in [0.1, 0.15) is 4.88 Å². The van der Waals surface area contributed by atoms with Gasteiger partial charge >= 0.3 is 5.97 Å². The van der Waals surface area contributed by atoms with Crippen LogP contribution in [-0.4, -0.2) is 14.3 Å². The second kappa shape index (κ2) is 3.63. The molecule has 13 heavy (non-hydrogen) atoms. The smallest absolute Gasteiger partial charge is 0.335 e. The molecule has 0 saturated carbocycles.